The predicted molar refractivity (Wildman–Crippen MR) is 65.3 cm³/mol. The fourth-order valence-corrected chi connectivity index (χ4v) is 1.97. The van der Waals surface area contributed by atoms with Crippen LogP contribution in [0.4, 0.5) is 10.1 Å². The molecule has 0 spiro atoms. The number of nitriles is 3. The van der Waals surface area contributed by atoms with E-state index in [1.807, 2.05) is 0 Å². The second kappa shape index (κ2) is 5.81. The lowest BCUT2D eigenvalue weighted by Gasteiger charge is -2.10. The first kappa shape index (κ1) is 15.1. The van der Waals surface area contributed by atoms with Gasteiger partial charge >= 0.3 is 0 Å². The summed E-state index contributed by atoms with van der Waals surface area (Å²) in [6.07, 6.45) is 0. The highest BCUT2D eigenvalue weighted by atomic mass is 32.2. The quantitative estimate of drug-likeness (QED) is 0.785. The summed E-state index contributed by atoms with van der Waals surface area (Å²) in [5.74, 6) is -1.00. The maximum Gasteiger partial charge on any atom is 0.240 e. The van der Waals surface area contributed by atoms with Crippen LogP contribution < -0.4 is 10.5 Å². The molecule has 0 aliphatic heterocycles. The first-order valence-corrected chi connectivity index (χ1v) is 6.42. The summed E-state index contributed by atoms with van der Waals surface area (Å²) in [6, 6.07) is 7.42. The summed E-state index contributed by atoms with van der Waals surface area (Å²) in [6.45, 7) is 0. The Morgan fingerprint density at radius 1 is 1.20 bits per heavy atom. The number of nitrogens with zero attached hydrogens (tertiary/aromatic N) is 3. The van der Waals surface area contributed by atoms with Crippen molar-refractivity contribution >= 4 is 15.7 Å². The average Bonchev–Trinajstić information content (AvgIpc) is 2.39. The van der Waals surface area contributed by atoms with E-state index in [1.54, 1.807) is 0 Å². The maximum atomic E-state index is 13.7. The third-order valence-corrected chi connectivity index (χ3v) is 3.07. The van der Waals surface area contributed by atoms with E-state index in [9.17, 15) is 12.8 Å². The van der Waals surface area contributed by atoms with Crippen LogP contribution in [-0.2, 0) is 10.0 Å². The monoisotopic (exact) mass is 291 g/mol. The van der Waals surface area contributed by atoms with Gasteiger partial charge in [-0.05, 0) is 12.1 Å². The Morgan fingerprint density at radius 2 is 1.80 bits per heavy atom. The van der Waals surface area contributed by atoms with Gasteiger partial charge in [0.05, 0.1) is 5.69 Å². The Labute approximate surface area is 114 Å². The average molecular weight is 291 g/mol. The molecule has 0 unspecified atom stereocenters. The maximum absolute atomic E-state index is 13.7. The van der Waals surface area contributed by atoms with Crippen LogP contribution in [0, 0.1) is 39.8 Å². The number of hydrogen-bond acceptors (Lipinski definition) is 6. The highest BCUT2D eigenvalue weighted by Gasteiger charge is 2.19. The molecule has 1 aromatic rings. The lowest BCUT2D eigenvalue weighted by atomic mass is 10.2. The summed E-state index contributed by atoms with van der Waals surface area (Å²) in [5.41, 5.74) is -1.80. The Bertz CT molecular complexity index is 793. The second-order valence-corrected chi connectivity index (χ2v) is 4.90. The molecule has 0 saturated carbocycles. The first-order valence-electron chi connectivity index (χ1n) is 4.88. The van der Waals surface area contributed by atoms with Gasteiger partial charge in [0.1, 0.15) is 34.6 Å². The SMILES string of the molecule is N#CC(C#N)=C(C#N)Nc1c(F)cccc1S(N)(=O)=O. The molecule has 0 heterocycles. The smallest absolute Gasteiger partial charge is 0.240 e. The highest BCUT2D eigenvalue weighted by molar-refractivity contribution is 7.89. The number of nitrogens with one attached hydrogen (secondary N) is 1. The summed E-state index contributed by atoms with van der Waals surface area (Å²) in [5, 5.41) is 33.2. The van der Waals surface area contributed by atoms with Crippen molar-refractivity contribution in [2.45, 2.75) is 4.90 Å². The van der Waals surface area contributed by atoms with Gasteiger partial charge in [0.25, 0.3) is 0 Å². The number of para-hydroxylation sites is 1. The van der Waals surface area contributed by atoms with E-state index < -0.39 is 37.7 Å². The molecule has 0 aliphatic carbocycles. The van der Waals surface area contributed by atoms with Gasteiger partial charge in [-0.1, -0.05) is 6.07 Å². The van der Waals surface area contributed by atoms with Crippen LogP contribution in [-0.4, -0.2) is 8.42 Å². The fourth-order valence-electron chi connectivity index (χ4n) is 1.27. The van der Waals surface area contributed by atoms with Gasteiger partial charge in [-0.25, -0.2) is 17.9 Å². The van der Waals surface area contributed by atoms with E-state index in [4.69, 9.17) is 20.9 Å². The molecule has 100 valence electrons. The molecular formula is C11H6FN5O2S. The minimum Gasteiger partial charge on any atom is -0.342 e. The van der Waals surface area contributed by atoms with Crippen LogP contribution in [0.3, 0.4) is 0 Å². The minimum absolute atomic E-state index is 0.579. The predicted octanol–water partition coefficient (Wildman–Crippen LogP) is 0.710. The molecule has 0 aliphatic rings. The van der Waals surface area contributed by atoms with Gasteiger partial charge in [0.15, 0.2) is 5.57 Å². The number of anilines is 1. The lowest BCUT2D eigenvalue weighted by Crippen LogP contribution is -2.16. The van der Waals surface area contributed by atoms with Gasteiger partial charge < -0.3 is 5.32 Å². The largest absolute Gasteiger partial charge is 0.342 e. The van der Waals surface area contributed by atoms with Crippen LogP contribution in [0.1, 0.15) is 0 Å². The lowest BCUT2D eigenvalue weighted by molar-refractivity contribution is 0.594. The van der Waals surface area contributed by atoms with E-state index in [1.165, 1.54) is 18.2 Å². The molecule has 0 fully saturated rings. The molecule has 1 rings (SSSR count). The molecule has 0 atom stereocenters. The van der Waals surface area contributed by atoms with E-state index in [2.05, 4.69) is 5.32 Å². The van der Waals surface area contributed by atoms with Crippen LogP contribution in [0.5, 0.6) is 0 Å². The van der Waals surface area contributed by atoms with E-state index in [0.717, 1.165) is 18.2 Å². The van der Waals surface area contributed by atoms with Gasteiger partial charge in [0, 0.05) is 0 Å². The Hall–Kier alpha value is -2.93. The van der Waals surface area contributed by atoms with Gasteiger partial charge in [-0.2, -0.15) is 15.8 Å². The highest BCUT2D eigenvalue weighted by Crippen LogP contribution is 2.25. The number of hydrogen-bond donors (Lipinski definition) is 2. The van der Waals surface area contributed by atoms with Gasteiger partial charge in [0.2, 0.25) is 10.0 Å². The van der Waals surface area contributed by atoms with Crippen molar-refractivity contribution in [3.05, 3.63) is 35.3 Å². The van der Waals surface area contributed by atoms with Gasteiger partial charge in [-0.3, -0.25) is 0 Å². The summed E-state index contributed by atoms with van der Waals surface area (Å²) in [7, 11) is -4.25. The van der Waals surface area contributed by atoms with Crippen molar-refractivity contribution in [2.24, 2.45) is 5.14 Å². The minimum atomic E-state index is -4.25. The van der Waals surface area contributed by atoms with Crippen molar-refractivity contribution < 1.29 is 12.8 Å². The van der Waals surface area contributed by atoms with Crippen LogP contribution in [0.25, 0.3) is 0 Å². The molecular weight excluding hydrogens is 285 g/mol. The Morgan fingerprint density at radius 3 is 2.25 bits per heavy atom. The standard InChI is InChI=1S/C11H6FN5O2S/c12-8-2-1-3-10(20(16,18)19)11(8)17-9(6-15)7(4-13)5-14/h1-3,17H,(H2,16,18,19). The number of sulfonamides is 1. The van der Waals surface area contributed by atoms with E-state index in [0.29, 0.717) is 0 Å². The normalized spacial score (nSPS) is 9.75. The fraction of sp³-hybridized carbons (Fsp3) is 0. The van der Waals surface area contributed by atoms with Crippen molar-refractivity contribution in [1.29, 1.82) is 15.8 Å². The van der Waals surface area contributed by atoms with Crippen molar-refractivity contribution in [3.8, 4) is 18.2 Å². The Balaban J connectivity index is 3.53. The zero-order valence-corrected chi connectivity index (χ0v) is 10.6. The van der Waals surface area contributed by atoms with Gasteiger partial charge in [-0.15, -0.1) is 0 Å². The zero-order valence-electron chi connectivity index (χ0n) is 9.75. The number of halogens is 1. The molecule has 0 amide bonds. The summed E-state index contributed by atoms with van der Waals surface area (Å²) < 4.78 is 36.3. The molecule has 7 nitrogen and oxygen atoms in total. The number of benzene rings is 1. The zero-order chi connectivity index (χ0) is 15.3. The summed E-state index contributed by atoms with van der Waals surface area (Å²) in [4.78, 5) is -0.597. The molecule has 0 saturated heterocycles. The second-order valence-electron chi connectivity index (χ2n) is 3.37. The van der Waals surface area contributed by atoms with E-state index in [-0.39, 0.29) is 0 Å². The van der Waals surface area contributed by atoms with E-state index >= 15 is 0 Å². The van der Waals surface area contributed by atoms with Crippen LogP contribution >= 0.6 is 0 Å². The third kappa shape index (κ3) is 3.09. The third-order valence-electron chi connectivity index (χ3n) is 2.12. The molecule has 0 aromatic heterocycles. The molecule has 9 heteroatoms. The molecule has 20 heavy (non-hydrogen) atoms. The Kier molecular flexibility index (Phi) is 4.39. The summed E-state index contributed by atoms with van der Waals surface area (Å²) >= 11 is 0. The van der Waals surface area contributed by atoms with Crippen molar-refractivity contribution in [3.63, 3.8) is 0 Å². The topological polar surface area (TPSA) is 144 Å². The van der Waals surface area contributed by atoms with Crippen LogP contribution in [0.2, 0.25) is 0 Å². The number of primary sulfonamides is 1. The molecule has 0 bridgehead atoms. The number of allylic oxidation sites excluding steroid dienone is 2. The molecule has 0 radical (unpaired) electrons. The first-order chi connectivity index (χ1) is 9.35. The number of rotatable bonds is 3. The molecule has 1 aromatic carbocycles. The van der Waals surface area contributed by atoms with Crippen molar-refractivity contribution in [1.82, 2.24) is 0 Å². The molecule has 3 N–H and O–H groups in total. The number of nitrogens with two attached hydrogens (primary N) is 1. The van der Waals surface area contributed by atoms with Crippen molar-refractivity contribution in [2.75, 3.05) is 5.32 Å². The van der Waals surface area contributed by atoms with Crippen LogP contribution in [0.15, 0.2) is 34.4 Å².